The fourth-order valence-electron chi connectivity index (χ4n) is 5.46. The highest BCUT2D eigenvalue weighted by molar-refractivity contribution is 7.59. The third-order valence-electron chi connectivity index (χ3n) is 7.80. The molecule has 2 aliphatic heterocycles. The van der Waals surface area contributed by atoms with Crippen LogP contribution < -0.4 is 15.4 Å². The number of benzene rings is 1. The van der Waals surface area contributed by atoms with E-state index in [0.717, 1.165) is 48.1 Å². The average Bonchev–Trinajstić information content (AvgIpc) is 3.40. The number of hydrogen-bond donors (Lipinski definition) is 1. The van der Waals surface area contributed by atoms with Crippen LogP contribution >= 0.6 is 13.5 Å². The van der Waals surface area contributed by atoms with E-state index in [-0.39, 0.29) is 25.4 Å². The van der Waals surface area contributed by atoms with Crippen LogP contribution in [0.4, 0.5) is 11.5 Å². The van der Waals surface area contributed by atoms with Gasteiger partial charge in [-0.05, 0) is 77.0 Å². The molecule has 2 atom stereocenters. The summed E-state index contributed by atoms with van der Waals surface area (Å²) in [5.41, 5.74) is 10.4. The van der Waals surface area contributed by atoms with Crippen LogP contribution in [0.5, 0.6) is 6.01 Å². The quantitative estimate of drug-likeness (QED) is 0.309. The Morgan fingerprint density at radius 1 is 1.31 bits per heavy atom. The standard InChI is InChI=1S/C22H26N6O.C9H14N2O.H2S/c1-27-11-4-5-15(27)14-29-22-25-19-13-28(12-9-17(19)21(23)26-22)20-8-2-7-18-16(20)6-3-10-24-18;1-5-9(12)11(6-2)8(3)7-10-4;/h2-3,6-8,10,15H,4-5,9,11-14H2,1H3,(H2,23,25,26);5,8H,1,6-7H2,2-3H3;1H2/t15-;;/m0../s1. The molecule has 3 aromatic rings. The first kappa shape index (κ1) is 32.6. The molecule has 0 aliphatic carbocycles. The van der Waals surface area contributed by atoms with E-state index in [0.29, 0.717) is 44.1 Å². The highest BCUT2D eigenvalue weighted by Gasteiger charge is 2.25. The zero-order chi connectivity index (χ0) is 29.4. The molecule has 0 saturated carbocycles. The summed E-state index contributed by atoms with van der Waals surface area (Å²) in [7, 11) is 2.14. The Labute approximate surface area is 255 Å². The summed E-state index contributed by atoms with van der Waals surface area (Å²) < 4.78 is 5.95. The lowest BCUT2D eigenvalue weighted by atomic mass is 10.0. The molecular formula is C31H42N8O2S. The van der Waals surface area contributed by atoms with E-state index < -0.39 is 0 Å². The minimum Gasteiger partial charge on any atom is -0.462 e. The van der Waals surface area contributed by atoms with Crippen LogP contribution in [0.25, 0.3) is 15.7 Å². The van der Waals surface area contributed by atoms with Gasteiger partial charge in [0.25, 0.3) is 0 Å². The second-order valence-corrected chi connectivity index (χ2v) is 10.4. The van der Waals surface area contributed by atoms with Crippen molar-refractivity contribution in [2.24, 2.45) is 0 Å². The molecule has 2 N–H and O–H groups in total. The molecule has 1 aromatic carbocycles. The van der Waals surface area contributed by atoms with Crippen LogP contribution in [-0.2, 0) is 17.8 Å². The van der Waals surface area contributed by atoms with Crippen LogP contribution in [0, 0.1) is 6.57 Å². The third kappa shape index (κ3) is 7.69. The van der Waals surface area contributed by atoms with Crippen LogP contribution in [0.2, 0.25) is 0 Å². The first-order valence-corrected chi connectivity index (χ1v) is 14.2. The number of likely N-dealkylation sites (N-methyl/N-ethyl adjacent to an activating group) is 2. The topological polar surface area (TPSA) is 105 Å². The van der Waals surface area contributed by atoms with Crippen LogP contribution in [0.1, 0.15) is 37.9 Å². The molecule has 4 heterocycles. The monoisotopic (exact) mass is 590 g/mol. The van der Waals surface area contributed by atoms with Crippen molar-refractivity contribution >= 4 is 41.8 Å². The zero-order valence-electron chi connectivity index (χ0n) is 24.8. The number of hydrogen-bond acceptors (Lipinski definition) is 8. The minimum absolute atomic E-state index is 0. The first-order chi connectivity index (χ1) is 19.9. The van der Waals surface area contributed by atoms with E-state index in [1.165, 1.54) is 18.2 Å². The number of anilines is 2. The molecule has 1 fully saturated rings. The van der Waals surface area contributed by atoms with Crippen molar-refractivity contribution in [2.45, 2.75) is 51.7 Å². The Bertz CT molecular complexity index is 1410. The van der Waals surface area contributed by atoms with Gasteiger partial charge in [-0.15, -0.1) is 0 Å². The van der Waals surface area contributed by atoms with Gasteiger partial charge in [-0.25, -0.2) is 6.57 Å². The van der Waals surface area contributed by atoms with Crippen molar-refractivity contribution in [2.75, 3.05) is 50.5 Å². The molecule has 224 valence electrons. The summed E-state index contributed by atoms with van der Waals surface area (Å²) >= 11 is 0. The average molecular weight is 591 g/mol. The van der Waals surface area contributed by atoms with Gasteiger partial charge in [-0.1, -0.05) is 12.6 Å². The van der Waals surface area contributed by atoms with Crippen LogP contribution in [0.15, 0.2) is 49.2 Å². The fraction of sp³-hybridized carbons (Fsp3) is 0.452. The van der Waals surface area contributed by atoms with E-state index >= 15 is 0 Å². The number of pyridine rings is 1. The molecule has 5 rings (SSSR count). The predicted molar refractivity (Wildman–Crippen MR) is 173 cm³/mol. The number of nitrogens with two attached hydrogens (primary N) is 1. The molecule has 1 unspecified atom stereocenters. The highest BCUT2D eigenvalue weighted by atomic mass is 32.1. The molecule has 0 spiro atoms. The maximum Gasteiger partial charge on any atom is 0.318 e. The molecular weight excluding hydrogens is 548 g/mol. The van der Waals surface area contributed by atoms with Gasteiger partial charge < -0.3 is 30.0 Å². The number of rotatable bonds is 8. The van der Waals surface area contributed by atoms with E-state index in [4.69, 9.17) is 22.0 Å². The van der Waals surface area contributed by atoms with Gasteiger partial charge in [0.05, 0.1) is 17.8 Å². The van der Waals surface area contributed by atoms with Gasteiger partial charge in [0.2, 0.25) is 12.5 Å². The smallest absolute Gasteiger partial charge is 0.318 e. The van der Waals surface area contributed by atoms with Crippen molar-refractivity contribution in [3.63, 3.8) is 0 Å². The Hall–Kier alpha value is -3.88. The van der Waals surface area contributed by atoms with Crippen molar-refractivity contribution in [1.29, 1.82) is 0 Å². The number of nitrogen functional groups attached to an aromatic ring is 1. The second kappa shape index (κ2) is 15.4. The Balaban J connectivity index is 0.000000320. The SMILES string of the molecule is CN1CCC[C@H]1COc1nc(N)c2c(n1)CN(c1cccc3ncccc13)CC2.S.[C-]#[N+]CC(C)N(CC)C(=O)C=C. The number of carbonyl (C=O) groups excluding carboxylic acids is 1. The van der Waals surface area contributed by atoms with Gasteiger partial charge >= 0.3 is 6.01 Å². The van der Waals surface area contributed by atoms with Crippen molar-refractivity contribution < 1.29 is 9.53 Å². The fourth-order valence-corrected chi connectivity index (χ4v) is 5.46. The summed E-state index contributed by atoms with van der Waals surface area (Å²) in [4.78, 5) is 34.3. The van der Waals surface area contributed by atoms with Gasteiger partial charge in [0, 0.05) is 42.0 Å². The lowest BCUT2D eigenvalue weighted by Gasteiger charge is -2.31. The van der Waals surface area contributed by atoms with E-state index in [2.05, 4.69) is 56.4 Å². The Morgan fingerprint density at radius 2 is 2.12 bits per heavy atom. The number of likely N-dealkylation sites (tertiary alicyclic amines) is 1. The number of nitrogens with zero attached hydrogens (tertiary/aromatic N) is 7. The lowest BCUT2D eigenvalue weighted by molar-refractivity contribution is -0.127. The largest absolute Gasteiger partial charge is 0.462 e. The molecule has 0 bridgehead atoms. The second-order valence-electron chi connectivity index (χ2n) is 10.4. The maximum atomic E-state index is 11.2. The van der Waals surface area contributed by atoms with Gasteiger partial charge in [-0.2, -0.15) is 23.5 Å². The summed E-state index contributed by atoms with van der Waals surface area (Å²) in [6, 6.07) is 11.2. The van der Waals surface area contributed by atoms with Crippen LogP contribution in [-0.4, -0.2) is 82.6 Å². The molecule has 42 heavy (non-hydrogen) atoms. The summed E-state index contributed by atoms with van der Waals surface area (Å²) in [5, 5.41) is 1.15. The van der Waals surface area contributed by atoms with E-state index in [1.807, 2.05) is 32.2 Å². The zero-order valence-corrected chi connectivity index (χ0v) is 25.8. The van der Waals surface area contributed by atoms with Gasteiger partial charge in [-0.3, -0.25) is 9.78 Å². The van der Waals surface area contributed by atoms with Gasteiger partial charge in [0.1, 0.15) is 18.5 Å². The van der Waals surface area contributed by atoms with Crippen LogP contribution in [0.3, 0.4) is 0 Å². The number of ether oxygens (including phenoxy) is 1. The molecule has 11 heteroatoms. The molecule has 1 amide bonds. The molecule has 2 aromatic heterocycles. The molecule has 10 nitrogen and oxygen atoms in total. The Kier molecular flexibility index (Phi) is 11.9. The number of amides is 1. The van der Waals surface area contributed by atoms with Crippen molar-refractivity contribution in [3.8, 4) is 6.01 Å². The number of carbonyl (C=O) groups is 1. The first-order valence-electron chi connectivity index (χ1n) is 14.2. The highest BCUT2D eigenvalue weighted by Crippen LogP contribution is 2.31. The summed E-state index contributed by atoms with van der Waals surface area (Å²) in [6.07, 6.45) is 6.30. The predicted octanol–water partition coefficient (Wildman–Crippen LogP) is 4.08. The van der Waals surface area contributed by atoms with Crippen molar-refractivity contribution in [1.82, 2.24) is 24.8 Å². The molecule has 1 saturated heterocycles. The maximum absolute atomic E-state index is 11.2. The van der Waals surface area contributed by atoms with Crippen molar-refractivity contribution in [3.05, 3.63) is 71.9 Å². The number of fused-ring (bicyclic) bond motifs is 2. The lowest BCUT2D eigenvalue weighted by Crippen LogP contribution is -2.38. The number of aromatic nitrogens is 3. The third-order valence-corrected chi connectivity index (χ3v) is 7.80. The normalized spacial score (nSPS) is 16.7. The molecule has 2 aliphatic rings. The van der Waals surface area contributed by atoms with E-state index in [9.17, 15) is 4.79 Å². The molecule has 0 radical (unpaired) electrons. The summed E-state index contributed by atoms with van der Waals surface area (Å²) in [5.74, 6) is 0.442. The minimum atomic E-state index is -0.103. The van der Waals surface area contributed by atoms with Gasteiger partial charge in [0.15, 0.2) is 0 Å². The Morgan fingerprint density at radius 3 is 2.81 bits per heavy atom. The van der Waals surface area contributed by atoms with E-state index in [1.54, 1.807) is 4.90 Å². The summed E-state index contributed by atoms with van der Waals surface area (Å²) in [6.45, 7) is 18.1.